The summed E-state index contributed by atoms with van der Waals surface area (Å²) in [6.07, 6.45) is 1.17. The Kier molecular flexibility index (Phi) is 3.93. The van der Waals surface area contributed by atoms with Crippen molar-refractivity contribution in [2.45, 2.75) is 0 Å². The van der Waals surface area contributed by atoms with Crippen LogP contribution >= 0.6 is 0 Å². The SMILES string of the molecule is CS(=O)(=O)N1CCN(C(=O)c2ccc3c(c2)C(=O)c2ccccc2-3)CC1. The molecule has 0 bridgehead atoms. The molecule has 6 nitrogen and oxygen atoms in total. The summed E-state index contributed by atoms with van der Waals surface area (Å²) in [5.41, 5.74) is 3.41. The first-order valence-corrected chi connectivity index (χ1v) is 10.2. The van der Waals surface area contributed by atoms with Gasteiger partial charge in [-0.3, -0.25) is 9.59 Å². The number of hydrogen-bond acceptors (Lipinski definition) is 4. The van der Waals surface area contributed by atoms with Gasteiger partial charge in [0, 0.05) is 42.9 Å². The van der Waals surface area contributed by atoms with Crippen molar-refractivity contribution in [3.63, 3.8) is 0 Å². The maximum absolute atomic E-state index is 12.8. The van der Waals surface area contributed by atoms with E-state index in [9.17, 15) is 18.0 Å². The Balaban J connectivity index is 1.57. The zero-order chi connectivity index (χ0) is 18.5. The Morgan fingerprint density at radius 1 is 0.885 bits per heavy atom. The molecule has 2 aromatic carbocycles. The molecule has 2 aromatic rings. The number of hydrogen-bond donors (Lipinski definition) is 0. The van der Waals surface area contributed by atoms with Crippen molar-refractivity contribution in [2.75, 3.05) is 32.4 Å². The van der Waals surface area contributed by atoms with Gasteiger partial charge in [0.2, 0.25) is 10.0 Å². The Bertz CT molecular complexity index is 1020. The molecule has 7 heteroatoms. The topological polar surface area (TPSA) is 74.8 Å². The van der Waals surface area contributed by atoms with Gasteiger partial charge in [0.1, 0.15) is 0 Å². The highest BCUT2D eigenvalue weighted by Crippen LogP contribution is 2.36. The second kappa shape index (κ2) is 6.03. The normalized spacial score (nSPS) is 17.1. The number of benzene rings is 2. The lowest BCUT2D eigenvalue weighted by Crippen LogP contribution is -2.50. The molecular weight excluding hydrogens is 352 g/mol. The number of piperazine rings is 1. The summed E-state index contributed by atoms with van der Waals surface area (Å²) in [6.45, 7) is 1.27. The van der Waals surface area contributed by atoms with Crippen LogP contribution in [0.4, 0.5) is 0 Å². The summed E-state index contributed by atoms with van der Waals surface area (Å²) in [6, 6.07) is 12.6. The fraction of sp³-hybridized carbons (Fsp3) is 0.263. The molecule has 1 aliphatic carbocycles. The molecule has 0 unspecified atom stereocenters. The molecule has 1 aliphatic heterocycles. The third kappa shape index (κ3) is 2.73. The van der Waals surface area contributed by atoms with Crippen molar-refractivity contribution in [3.05, 3.63) is 59.2 Å². The van der Waals surface area contributed by atoms with Gasteiger partial charge < -0.3 is 4.90 Å². The van der Waals surface area contributed by atoms with E-state index in [0.29, 0.717) is 42.9 Å². The molecule has 134 valence electrons. The number of amides is 1. The van der Waals surface area contributed by atoms with Crippen LogP contribution < -0.4 is 0 Å². The van der Waals surface area contributed by atoms with E-state index in [-0.39, 0.29) is 11.7 Å². The van der Waals surface area contributed by atoms with Crippen LogP contribution in [0.25, 0.3) is 11.1 Å². The molecule has 1 heterocycles. The summed E-state index contributed by atoms with van der Waals surface area (Å²) in [4.78, 5) is 27.0. The Labute approximate surface area is 152 Å². The number of rotatable bonds is 2. The van der Waals surface area contributed by atoms with E-state index in [1.807, 2.05) is 24.3 Å². The highest BCUT2D eigenvalue weighted by Gasteiger charge is 2.30. The smallest absolute Gasteiger partial charge is 0.253 e. The summed E-state index contributed by atoms with van der Waals surface area (Å²) in [5.74, 6) is -0.239. The summed E-state index contributed by atoms with van der Waals surface area (Å²) < 4.78 is 24.6. The molecule has 0 N–H and O–H groups in total. The molecule has 0 saturated carbocycles. The quantitative estimate of drug-likeness (QED) is 0.687. The van der Waals surface area contributed by atoms with E-state index in [0.717, 1.165) is 11.1 Å². The fourth-order valence-electron chi connectivity index (χ4n) is 3.57. The van der Waals surface area contributed by atoms with Gasteiger partial charge in [-0.05, 0) is 23.3 Å². The van der Waals surface area contributed by atoms with Gasteiger partial charge in [-0.25, -0.2) is 8.42 Å². The molecule has 0 atom stereocenters. The van der Waals surface area contributed by atoms with E-state index >= 15 is 0 Å². The van der Waals surface area contributed by atoms with Crippen LogP contribution in [0, 0.1) is 0 Å². The van der Waals surface area contributed by atoms with Crippen molar-refractivity contribution >= 4 is 21.7 Å². The number of sulfonamides is 1. The molecule has 0 spiro atoms. The highest BCUT2D eigenvalue weighted by atomic mass is 32.2. The van der Waals surface area contributed by atoms with Gasteiger partial charge in [0.05, 0.1) is 6.26 Å². The Morgan fingerprint density at radius 2 is 1.50 bits per heavy atom. The number of nitrogens with zero attached hydrogens (tertiary/aromatic N) is 2. The first-order valence-electron chi connectivity index (χ1n) is 8.39. The lowest BCUT2D eigenvalue weighted by molar-refractivity contribution is 0.0698. The van der Waals surface area contributed by atoms with Crippen LogP contribution in [-0.2, 0) is 10.0 Å². The number of carbonyl (C=O) groups is 2. The Hall–Kier alpha value is -2.51. The monoisotopic (exact) mass is 370 g/mol. The molecule has 2 aliphatic rings. The van der Waals surface area contributed by atoms with Crippen LogP contribution in [0.3, 0.4) is 0 Å². The highest BCUT2D eigenvalue weighted by molar-refractivity contribution is 7.88. The van der Waals surface area contributed by atoms with E-state index in [1.165, 1.54) is 10.6 Å². The molecule has 0 aromatic heterocycles. The predicted octanol–water partition coefficient (Wildman–Crippen LogP) is 1.62. The second-order valence-corrected chi connectivity index (χ2v) is 8.57. The van der Waals surface area contributed by atoms with Gasteiger partial charge in [-0.1, -0.05) is 30.3 Å². The zero-order valence-corrected chi connectivity index (χ0v) is 15.1. The third-order valence-electron chi connectivity index (χ3n) is 4.97. The number of fused-ring (bicyclic) bond motifs is 3. The minimum Gasteiger partial charge on any atom is -0.336 e. The van der Waals surface area contributed by atoms with Gasteiger partial charge in [-0.15, -0.1) is 0 Å². The van der Waals surface area contributed by atoms with E-state index in [1.54, 1.807) is 23.1 Å². The van der Waals surface area contributed by atoms with Crippen LogP contribution in [0.5, 0.6) is 0 Å². The standard InChI is InChI=1S/C19H18N2O4S/c1-26(24,25)21-10-8-20(9-11-21)19(23)13-6-7-15-14-4-2-3-5-16(14)18(22)17(15)12-13/h2-7,12H,8-11H2,1H3. The van der Waals surface area contributed by atoms with Crippen LogP contribution in [0.1, 0.15) is 26.3 Å². The van der Waals surface area contributed by atoms with Crippen LogP contribution in [0.2, 0.25) is 0 Å². The third-order valence-corrected chi connectivity index (χ3v) is 6.27. The van der Waals surface area contributed by atoms with Crippen molar-refractivity contribution in [1.29, 1.82) is 0 Å². The summed E-state index contributed by atoms with van der Waals surface area (Å²) in [7, 11) is -3.23. The molecule has 4 rings (SSSR count). The largest absolute Gasteiger partial charge is 0.336 e. The second-order valence-electron chi connectivity index (χ2n) is 6.59. The molecule has 1 saturated heterocycles. The first-order chi connectivity index (χ1) is 12.4. The fourth-order valence-corrected chi connectivity index (χ4v) is 4.39. The van der Waals surface area contributed by atoms with Gasteiger partial charge in [0.15, 0.2) is 5.78 Å². The van der Waals surface area contributed by atoms with Crippen LogP contribution in [-0.4, -0.2) is 61.7 Å². The lowest BCUT2D eigenvalue weighted by Gasteiger charge is -2.33. The van der Waals surface area contributed by atoms with Crippen LogP contribution in [0.15, 0.2) is 42.5 Å². The number of carbonyl (C=O) groups excluding carboxylic acids is 2. The maximum atomic E-state index is 12.8. The zero-order valence-electron chi connectivity index (χ0n) is 14.3. The van der Waals surface area contributed by atoms with Crippen molar-refractivity contribution < 1.29 is 18.0 Å². The van der Waals surface area contributed by atoms with E-state index < -0.39 is 10.0 Å². The summed E-state index contributed by atoms with van der Waals surface area (Å²) >= 11 is 0. The van der Waals surface area contributed by atoms with Crippen molar-refractivity contribution in [2.24, 2.45) is 0 Å². The van der Waals surface area contributed by atoms with Crippen molar-refractivity contribution in [3.8, 4) is 11.1 Å². The average molecular weight is 370 g/mol. The maximum Gasteiger partial charge on any atom is 0.253 e. The van der Waals surface area contributed by atoms with Gasteiger partial charge >= 0.3 is 0 Å². The predicted molar refractivity (Wildman–Crippen MR) is 97.6 cm³/mol. The Morgan fingerprint density at radius 3 is 2.15 bits per heavy atom. The first kappa shape index (κ1) is 16.9. The van der Waals surface area contributed by atoms with Gasteiger partial charge in [-0.2, -0.15) is 4.31 Å². The number of ketones is 1. The molecule has 1 fully saturated rings. The summed E-state index contributed by atoms with van der Waals surface area (Å²) in [5, 5.41) is 0. The van der Waals surface area contributed by atoms with E-state index in [2.05, 4.69) is 0 Å². The average Bonchev–Trinajstić information content (AvgIpc) is 2.93. The van der Waals surface area contributed by atoms with E-state index in [4.69, 9.17) is 0 Å². The lowest BCUT2D eigenvalue weighted by atomic mass is 10.0. The minimum absolute atomic E-state index is 0.0628. The van der Waals surface area contributed by atoms with Gasteiger partial charge in [0.25, 0.3) is 5.91 Å². The molecule has 1 amide bonds. The minimum atomic E-state index is -3.23. The molecule has 0 radical (unpaired) electrons. The molecular formula is C19H18N2O4S. The van der Waals surface area contributed by atoms with Crippen molar-refractivity contribution in [1.82, 2.24) is 9.21 Å². The molecule has 26 heavy (non-hydrogen) atoms.